The van der Waals surface area contributed by atoms with Gasteiger partial charge in [-0.3, -0.25) is 9.59 Å². The molecule has 1 saturated heterocycles. The van der Waals surface area contributed by atoms with E-state index in [2.05, 4.69) is 15.6 Å². The minimum absolute atomic E-state index is 0.126. The first-order valence-electron chi connectivity index (χ1n) is 14.0. The molecular formula is C31H40ClFN4O3. The quantitative estimate of drug-likeness (QED) is 0.309. The summed E-state index contributed by atoms with van der Waals surface area (Å²) >= 11 is 6.41. The number of H-pyrrole nitrogens is 1. The number of fused-ring (bicyclic) bond motifs is 1. The van der Waals surface area contributed by atoms with Crippen LogP contribution in [-0.4, -0.2) is 47.6 Å². The lowest BCUT2D eigenvalue weighted by molar-refractivity contribution is -0.134. The fourth-order valence-corrected chi connectivity index (χ4v) is 5.83. The summed E-state index contributed by atoms with van der Waals surface area (Å²) < 4.78 is 20.5. The summed E-state index contributed by atoms with van der Waals surface area (Å²) in [5, 5.41) is 6.29. The number of halogens is 2. The molecule has 40 heavy (non-hydrogen) atoms. The van der Waals surface area contributed by atoms with Crippen LogP contribution in [0.4, 0.5) is 4.39 Å². The predicted molar refractivity (Wildman–Crippen MR) is 156 cm³/mol. The van der Waals surface area contributed by atoms with E-state index in [1.165, 1.54) is 6.07 Å². The second-order valence-corrected chi connectivity index (χ2v) is 12.6. The maximum absolute atomic E-state index is 14.8. The Morgan fingerprint density at radius 3 is 2.58 bits per heavy atom. The van der Waals surface area contributed by atoms with Crippen LogP contribution in [0.25, 0.3) is 11.0 Å². The molecule has 2 aromatic carbocycles. The van der Waals surface area contributed by atoms with Crippen LogP contribution in [0, 0.1) is 17.2 Å². The van der Waals surface area contributed by atoms with Crippen molar-refractivity contribution in [3.8, 4) is 0 Å². The summed E-state index contributed by atoms with van der Waals surface area (Å²) in [6.45, 7) is 12.9. The Kier molecular flexibility index (Phi) is 8.90. The molecule has 2 unspecified atom stereocenters. The number of nitrogens with zero attached hydrogens (tertiary/aromatic N) is 1. The Morgan fingerprint density at radius 1 is 1.23 bits per heavy atom. The van der Waals surface area contributed by atoms with Crippen molar-refractivity contribution in [2.75, 3.05) is 19.8 Å². The highest BCUT2D eigenvalue weighted by atomic mass is 35.5. The first kappa shape index (κ1) is 30.0. The molecule has 3 N–H and O–H groups in total. The average molecular weight is 571 g/mol. The highest BCUT2D eigenvalue weighted by Crippen LogP contribution is 2.37. The number of amides is 2. The normalized spacial score (nSPS) is 19.1. The number of rotatable bonds is 9. The lowest BCUT2D eigenvalue weighted by Crippen LogP contribution is -2.58. The molecule has 7 nitrogen and oxygen atoms in total. The molecule has 216 valence electrons. The molecule has 0 spiro atoms. The van der Waals surface area contributed by atoms with E-state index in [0.29, 0.717) is 36.6 Å². The van der Waals surface area contributed by atoms with Crippen molar-refractivity contribution < 1.29 is 18.7 Å². The van der Waals surface area contributed by atoms with Crippen LogP contribution in [-0.2, 0) is 26.2 Å². The molecule has 1 aromatic heterocycles. The molecule has 2 amide bonds. The third kappa shape index (κ3) is 6.03. The number of hydrogen-bond acceptors (Lipinski definition) is 4. The molecule has 0 saturated carbocycles. The Labute approximate surface area is 240 Å². The maximum atomic E-state index is 14.8. The molecular weight excluding hydrogens is 531 g/mol. The van der Waals surface area contributed by atoms with Crippen LogP contribution >= 0.6 is 11.6 Å². The van der Waals surface area contributed by atoms with Crippen molar-refractivity contribution in [2.24, 2.45) is 11.3 Å². The van der Waals surface area contributed by atoms with E-state index in [0.717, 1.165) is 22.4 Å². The SMILES string of the molecule is CCNC(=O)[C@H](NC(=O)C1(c2ccc3nc(CC(c4c(F)cccc4Cl)C(C)C)[nH]c3c2)CCOC1)C(C)(C)C. The summed E-state index contributed by atoms with van der Waals surface area (Å²) in [6.07, 6.45) is 0.982. The van der Waals surface area contributed by atoms with Crippen LogP contribution < -0.4 is 10.6 Å². The highest BCUT2D eigenvalue weighted by molar-refractivity contribution is 6.31. The van der Waals surface area contributed by atoms with Crippen molar-refractivity contribution in [1.82, 2.24) is 20.6 Å². The van der Waals surface area contributed by atoms with E-state index in [1.807, 2.05) is 59.7 Å². The van der Waals surface area contributed by atoms with Crippen LogP contribution in [0.2, 0.25) is 5.02 Å². The van der Waals surface area contributed by atoms with E-state index in [1.54, 1.807) is 12.1 Å². The first-order valence-corrected chi connectivity index (χ1v) is 14.3. The van der Waals surface area contributed by atoms with Crippen LogP contribution in [0.1, 0.15) is 70.8 Å². The van der Waals surface area contributed by atoms with Gasteiger partial charge in [0.25, 0.3) is 0 Å². The molecule has 4 rings (SSSR count). The van der Waals surface area contributed by atoms with Crippen LogP contribution in [0.5, 0.6) is 0 Å². The van der Waals surface area contributed by atoms with Gasteiger partial charge in [0.1, 0.15) is 17.7 Å². The topological polar surface area (TPSA) is 96.1 Å². The molecule has 0 bridgehead atoms. The highest BCUT2D eigenvalue weighted by Gasteiger charge is 2.46. The zero-order valence-electron chi connectivity index (χ0n) is 24.2. The molecule has 1 aliphatic rings. The number of carbonyl (C=O) groups is 2. The predicted octanol–water partition coefficient (Wildman–Crippen LogP) is 5.66. The maximum Gasteiger partial charge on any atom is 0.243 e. The van der Waals surface area contributed by atoms with Gasteiger partial charge in [0.05, 0.1) is 23.1 Å². The molecule has 1 fully saturated rings. The molecule has 0 radical (unpaired) electrons. The van der Waals surface area contributed by atoms with Gasteiger partial charge >= 0.3 is 0 Å². The third-order valence-corrected chi connectivity index (χ3v) is 8.21. The lowest BCUT2D eigenvalue weighted by Gasteiger charge is -2.34. The largest absolute Gasteiger partial charge is 0.380 e. The zero-order valence-corrected chi connectivity index (χ0v) is 24.9. The van der Waals surface area contributed by atoms with Gasteiger partial charge in [0.2, 0.25) is 11.8 Å². The average Bonchev–Trinajstić information content (AvgIpc) is 3.53. The number of benzene rings is 2. The fourth-order valence-electron chi connectivity index (χ4n) is 5.52. The van der Waals surface area contributed by atoms with E-state index >= 15 is 0 Å². The second-order valence-electron chi connectivity index (χ2n) is 12.2. The Balaban J connectivity index is 1.65. The number of hydrogen-bond donors (Lipinski definition) is 3. The number of carbonyl (C=O) groups excluding carboxylic acids is 2. The number of imidazole rings is 1. The van der Waals surface area contributed by atoms with Gasteiger partial charge in [0, 0.05) is 30.2 Å². The number of aromatic amines is 1. The standard InChI is InChI=1S/C31H40ClFN4O3/c1-7-34-28(38)27(30(4,5)6)37-29(39)31(13-14-40-17-31)19-11-12-23-24(15-19)36-25(35-23)16-20(18(2)3)26-21(32)9-8-10-22(26)33/h8-12,15,18,20,27H,7,13-14,16-17H2,1-6H3,(H,34,38)(H,35,36)(H,37,39)/t20?,27-,31?/m0/s1. The van der Waals surface area contributed by atoms with Crippen LogP contribution in [0.3, 0.4) is 0 Å². The fraction of sp³-hybridized carbons (Fsp3) is 0.516. The summed E-state index contributed by atoms with van der Waals surface area (Å²) in [7, 11) is 0. The number of likely N-dealkylation sites (N-methyl/N-ethyl adjacent to an activating group) is 1. The Morgan fingerprint density at radius 2 is 1.98 bits per heavy atom. The van der Waals surface area contributed by atoms with Gasteiger partial charge in [-0.15, -0.1) is 0 Å². The number of nitrogens with one attached hydrogen (secondary N) is 3. The number of ether oxygens (including phenoxy) is 1. The van der Waals surface area contributed by atoms with Crippen molar-refractivity contribution in [3.63, 3.8) is 0 Å². The Hall–Kier alpha value is -2.97. The van der Waals surface area contributed by atoms with Gasteiger partial charge < -0.3 is 20.4 Å². The molecule has 9 heteroatoms. The van der Waals surface area contributed by atoms with Crippen molar-refractivity contribution in [2.45, 2.75) is 71.8 Å². The van der Waals surface area contributed by atoms with Gasteiger partial charge in [-0.1, -0.05) is 58.4 Å². The summed E-state index contributed by atoms with van der Waals surface area (Å²) in [4.78, 5) is 34.9. The monoisotopic (exact) mass is 570 g/mol. The first-order chi connectivity index (χ1) is 18.9. The number of aromatic nitrogens is 2. The minimum Gasteiger partial charge on any atom is -0.380 e. The smallest absolute Gasteiger partial charge is 0.243 e. The summed E-state index contributed by atoms with van der Waals surface area (Å²) in [5.74, 6) is -0.0838. The van der Waals surface area contributed by atoms with Crippen LogP contribution in [0.15, 0.2) is 36.4 Å². The van der Waals surface area contributed by atoms with Crippen molar-refractivity contribution >= 4 is 34.4 Å². The van der Waals surface area contributed by atoms with Gasteiger partial charge in [-0.2, -0.15) is 0 Å². The van der Waals surface area contributed by atoms with Gasteiger partial charge in [-0.25, -0.2) is 9.37 Å². The second kappa shape index (κ2) is 11.9. The Bertz CT molecular complexity index is 1350. The van der Waals surface area contributed by atoms with Crippen molar-refractivity contribution in [1.29, 1.82) is 0 Å². The molecule has 3 atom stereocenters. The lowest BCUT2D eigenvalue weighted by atomic mass is 9.77. The van der Waals surface area contributed by atoms with Crippen molar-refractivity contribution in [3.05, 3.63) is 64.2 Å². The molecule has 3 aromatic rings. The van der Waals surface area contributed by atoms with Gasteiger partial charge in [-0.05, 0) is 60.4 Å². The summed E-state index contributed by atoms with van der Waals surface area (Å²) in [6, 6.07) is 9.81. The van der Waals surface area contributed by atoms with E-state index in [9.17, 15) is 14.0 Å². The van der Waals surface area contributed by atoms with E-state index in [4.69, 9.17) is 21.3 Å². The molecule has 0 aliphatic carbocycles. The van der Waals surface area contributed by atoms with E-state index < -0.39 is 16.9 Å². The minimum atomic E-state index is -0.934. The van der Waals surface area contributed by atoms with Gasteiger partial charge in [0.15, 0.2) is 0 Å². The third-order valence-electron chi connectivity index (χ3n) is 7.88. The molecule has 1 aliphatic heterocycles. The zero-order chi connectivity index (χ0) is 29.2. The summed E-state index contributed by atoms with van der Waals surface area (Å²) in [5.41, 5.74) is 1.42. The van der Waals surface area contributed by atoms with E-state index in [-0.39, 0.29) is 36.1 Å². The molecule has 2 heterocycles.